The van der Waals surface area contributed by atoms with Crippen molar-refractivity contribution in [2.75, 3.05) is 32.8 Å². The summed E-state index contributed by atoms with van der Waals surface area (Å²) in [6.07, 6.45) is 10.1. The molecular formula is C24H39IN4O. The minimum Gasteiger partial charge on any atom is -0.373 e. The number of aryl methyl sites for hydroxylation is 1. The van der Waals surface area contributed by atoms with E-state index in [0.717, 1.165) is 44.5 Å². The van der Waals surface area contributed by atoms with E-state index in [1.165, 1.54) is 62.7 Å². The van der Waals surface area contributed by atoms with Crippen molar-refractivity contribution in [3.8, 4) is 0 Å². The minimum absolute atomic E-state index is 0. The summed E-state index contributed by atoms with van der Waals surface area (Å²) >= 11 is 0. The van der Waals surface area contributed by atoms with Crippen molar-refractivity contribution >= 4 is 29.9 Å². The molecule has 5 nitrogen and oxygen atoms in total. The van der Waals surface area contributed by atoms with Gasteiger partial charge in [0.15, 0.2) is 5.96 Å². The molecular weight excluding hydrogens is 487 g/mol. The van der Waals surface area contributed by atoms with Crippen LogP contribution in [-0.2, 0) is 11.2 Å². The standard InChI is InChI=1S/C24H38N4O.HI/c1-2-25-24(27-20-13-16-28(17-14-20)21-11-12-21)26-15-6-18-29-23-10-5-8-19-7-3-4-9-22(19)23;/h3-4,7,9,20-21,23H,2,5-6,8,10-18H2,1H3,(H2,25,26,27);1H. The fourth-order valence-corrected chi connectivity index (χ4v) is 4.73. The second kappa shape index (κ2) is 12.2. The number of nitrogens with zero attached hydrogens (tertiary/aromatic N) is 2. The first-order chi connectivity index (χ1) is 14.3. The van der Waals surface area contributed by atoms with Crippen molar-refractivity contribution in [3.05, 3.63) is 35.4 Å². The van der Waals surface area contributed by atoms with Gasteiger partial charge in [0.2, 0.25) is 0 Å². The first kappa shape index (κ1) is 23.8. The molecule has 0 aromatic heterocycles. The number of piperidine rings is 1. The average Bonchev–Trinajstić information content (AvgIpc) is 3.60. The summed E-state index contributed by atoms with van der Waals surface area (Å²) in [5.41, 5.74) is 2.86. The smallest absolute Gasteiger partial charge is 0.191 e. The highest BCUT2D eigenvalue weighted by molar-refractivity contribution is 14.0. The fourth-order valence-electron chi connectivity index (χ4n) is 4.73. The van der Waals surface area contributed by atoms with Crippen LogP contribution < -0.4 is 10.6 Å². The molecule has 2 fully saturated rings. The molecule has 2 aliphatic carbocycles. The van der Waals surface area contributed by atoms with Crippen LogP contribution >= 0.6 is 24.0 Å². The first-order valence-electron chi connectivity index (χ1n) is 11.8. The number of rotatable bonds is 8. The molecule has 3 aliphatic rings. The lowest BCUT2D eigenvalue weighted by molar-refractivity contribution is 0.0403. The number of halogens is 1. The van der Waals surface area contributed by atoms with Crippen molar-refractivity contribution in [2.45, 2.75) is 76.5 Å². The average molecular weight is 527 g/mol. The molecule has 6 heteroatoms. The topological polar surface area (TPSA) is 48.9 Å². The summed E-state index contributed by atoms with van der Waals surface area (Å²) in [6.45, 7) is 7.10. The van der Waals surface area contributed by atoms with E-state index in [0.29, 0.717) is 6.04 Å². The number of ether oxygens (including phenoxy) is 1. The number of fused-ring (bicyclic) bond motifs is 1. The largest absolute Gasteiger partial charge is 0.373 e. The second-order valence-electron chi connectivity index (χ2n) is 8.75. The minimum atomic E-state index is 0. The highest BCUT2D eigenvalue weighted by Crippen LogP contribution is 2.32. The SMILES string of the molecule is CCNC(=NCCCOC1CCCc2ccccc21)NC1CCN(C2CC2)CC1.I. The van der Waals surface area contributed by atoms with E-state index in [9.17, 15) is 0 Å². The zero-order valence-corrected chi connectivity index (χ0v) is 20.8. The Morgan fingerprint density at radius 1 is 1.13 bits per heavy atom. The van der Waals surface area contributed by atoms with Gasteiger partial charge in [0.25, 0.3) is 0 Å². The van der Waals surface area contributed by atoms with Crippen LogP contribution in [0.5, 0.6) is 0 Å². The highest BCUT2D eigenvalue weighted by atomic mass is 127. The van der Waals surface area contributed by atoms with Crippen molar-refractivity contribution in [2.24, 2.45) is 4.99 Å². The number of aliphatic imine (C=N–C) groups is 1. The number of hydrogen-bond acceptors (Lipinski definition) is 3. The normalized spacial score (nSPS) is 22.8. The van der Waals surface area contributed by atoms with Crippen LogP contribution in [0.2, 0.25) is 0 Å². The lowest BCUT2D eigenvalue weighted by Crippen LogP contribution is -2.49. The molecule has 1 aromatic rings. The maximum absolute atomic E-state index is 6.23. The summed E-state index contributed by atoms with van der Waals surface area (Å²) in [6, 6.07) is 10.2. The molecule has 30 heavy (non-hydrogen) atoms. The summed E-state index contributed by atoms with van der Waals surface area (Å²) in [7, 11) is 0. The maximum Gasteiger partial charge on any atom is 0.191 e. The molecule has 0 spiro atoms. The molecule has 168 valence electrons. The molecule has 1 unspecified atom stereocenters. The Morgan fingerprint density at radius 2 is 1.93 bits per heavy atom. The van der Waals surface area contributed by atoms with E-state index in [1.54, 1.807) is 0 Å². The Kier molecular flexibility index (Phi) is 9.71. The van der Waals surface area contributed by atoms with Gasteiger partial charge in [-0.05, 0) is 69.4 Å². The van der Waals surface area contributed by atoms with Crippen LogP contribution in [-0.4, -0.2) is 55.7 Å². The number of benzene rings is 1. The van der Waals surface area contributed by atoms with Crippen LogP contribution in [0.1, 0.15) is 69.1 Å². The quantitative estimate of drug-likeness (QED) is 0.230. The number of guanidine groups is 1. The molecule has 1 aromatic carbocycles. The third-order valence-electron chi connectivity index (χ3n) is 6.48. The molecule has 1 heterocycles. The Morgan fingerprint density at radius 3 is 2.70 bits per heavy atom. The second-order valence-corrected chi connectivity index (χ2v) is 8.75. The van der Waals surface area contributed by atoms with Gasteiger partial charge in [0.1, 0.15) is 0 Å². The van der Waals surface area contributed by atoms with Gasteiger partial charge in [-0.25, -0.2) is 0 Å². The van der Waals surface area contributed by atoms with Crippen LogP contribution in [0, 0.1) is 0 Å². The first-order valence-corrected chi connectivity index (χ1v) is 11.8. The lowest BCUT2D eigenvalue weighted by Gasteiger charge is -2.33. The number of likely N-dealkylation sites (tertiary alicyclic amines) is 1. The highest BCUT2D eigenvalue weighted by Gasteiger charge is 2.31. The molecule has 2 N–H and O–H groups in total. The molecule has 0 amide bonds. The van der Waals surface area contributed by atoms with E-state index < -0.39 is 0 Å². The van der Waals surface area contributed by atoms with Crippen molar-refractivity contribution in [3.63, 3.8) is 0 Å². The van der Waals surface area contributed by atoms with Gasteiger partial charge in [-0.1, -0.05) is 24.3 Å². The van der Waals surface area contributed by atoms with Gasteiger partial charge in [-0.2, -0.15) is 0 Å². The molecule has 0 radical (unpaired) electrons. The Hall–Kier alpha value is -0.860. The molecule has 1 atom stereocenters. The van der Waals surface area contributed by atoms with E-state index in [-0.39, 0.29) is 30.1 Å². The van der Waals surface area contributed by atoms with E-state index >= 15 is 0 Å². The zero-order valence-electron chi connectivity index (χ0n) is 18.4. The van der Waals surface area contributed by atoms with E-state index in [4.69, 9.17) is 9.73 Å². The number of nitrogens with one attached hydrogen (secondary N) is 2. The van der Waals surface area contributed by atoms with Gasteiger partial charge in [-0.3, -0.25) is 4.99 Å². The Balaban J connectivity index is 0.00000256. The summed E-state index contributed by atoms with van der Waals surface area (Å²) < 4.78 is 6.23. The molecule has 1 aliphatic heterocycles. The molecule has 1 saturated heterocycles. The third kappa shape index (κ3) is 6.82. The predicted octanol–water partition coefficient (Wildman–Crippen LogP) is 4.27. The van der Waals surface area contributed by atoms with Gasteiger partial charge in [0, 0.05) is 44.9 Å². The third-order valence-corrected chi connectivity index (χ3v) is 6.48. The molecule has 0 bridgehead atoms. The van der Waals surface area contributed by atoms with Gasteiger partial charge >= 0.3 is 0 Å². The predicted molar refractivity (Wildman–Crippen MR) is 135 cm³/mol. The Bertz CT molecular complexity index is 671. The number of hydrogen-bond donors (Lipinski definition) is 2. The van der Waals surface area contributed by atoms with Crippen LogP contribution in [0.4, 0.5) is 0 Å². The summed E-state index contributed by atoms with van der Waals surface area (Å²) in [5, 5.41) is 7.08. The zero-order chi connectivity index (χ0) is 19.9. The summed E-state index contributed by atoms with van der Waals surface area (Å²) in [4.78, 5) is 7.47. The van der Waals surface area contributed by atoms with E-state index in [2.05, 4.69) is 46.7 Å². The van der Waals surface area contributed by atoms with Crippen molar-refractivity contribution < 1.29 is 4.74 Å². The summed E-state index contributed by atoms with van der Waals surface area (Å²) in [5.74, 6) is 0.973. The Labute approximate surface area is 199 Å². The van der Waals surface area contributed by atoms with Gasteiger partial charge < -0.3 is 20.3 Å². The van der Waals surface area contributed by atoms with Crippen LogP contribution in [0.15, 0.2) is 29.3 Å². The maximum atomic E-state index is 6.23. The van der Waals surface area contributed by atoms with Crippen LogP contribution in [0.3, 0.4) is 0 Å². The van der Waals surface area contributed by atoms with Crippen LogP contribution in [0.25, 0.3) is 0 Å². The lowest BCUT2D eigenvalue weighted by atomic mass is 9.89. The fraction of sp³-hybridized carbons (Fsp3) is 0.708. The van der Waals surface area contributed by atoms with Crippen molar-refractivity contribution in [1.29, 1.82) is 0 Å². The van der Waals surface area contributed by atoms with Gasteiger partial charge in [-0.15, -0.1) is 24.0 Å². The van der Waals surface area contributed by atoms with Crippen molar-refractivity contribution in [1.82, 2.24) is 15.5 Å². The molecule has 1 saturated carbocycles. The monoisotopic (exact) mass is 526 g/mol. The van der Waals surface area contributed by atoms with Gasteiger partial charge in [0.05, 0.1) is 6.10 Å². The van der Waals surface area contributed by atoms with E-state index in [1.807, 2.05) is 0 Å². The molecule has 4 rings (SSSR count).